The van der Waals surface area contributed by atoms with Gasteiger partial charge in [0.1, 0.15) is 5.75 Å². The van der Waals surface area contributed by atoms with Gasteiger partial charge in [-0.05, 0) is 30.9 Å². The van der Waals surface area contributed by atoms with Gasteiger partial charge in [-0.3, -0.25) is 0 Å². The van der Waals surface area contributed by atoms with Crippen molar-refractivity contribution in [1.29, 1.82) is 0 Å². The highest BCUT2D eigenvalue weighted by atomic mass is 32.2. The lowest BCUT2D eigenvalue weighted by Gasteiger charge is -2.29. The number of hydrogen-bond donors (Lipinski definition) is 1. The van der Waals surface area contributed by atoms with Crippen LogP contribution in [0.5, 0.6) is 5.75 Å². The summed E-state index contributed by atoms with van der Waals surface area (Å²) in [7, 11) is -1.95. The summed E-state index contributed by atoms with van der Waals surface area (Å²) in [5, 5.41) is 1.51. The van der Waals surface area contributed by atoms with Crippen molar-refractivity contribution in [2.45, 2.75) is 43.5 Å². The van der Waals surface area contributed by atoms with Gasteiger partial charge in [0.15, 0.2) is 0 Å². The summed E-state index contributed by atoms with van der Waals surface area (Å²) in [4.78, 5) is 0.326. The Morgan fingerprint density at radius 3 is 2.43 bits per heavy atom. The third-order valence-corrected chi connectivity index (χ3v) is 6.32. The summed E-state index contributed by atoms with van der Waals surface area (Å²) in [5.74, 6) is 1.06. The highest BCUT2D eigenvalue weighted by Crippen LogP contribution is 2.32. The van der Waals surface area contributed by atoms with Crippen molar-refractivity contribution in [3.8, 4) is 5.75 Å². The van der Waals surface area contributed by atoms with Crippen LogP contribution < -0.4 is 9.46 Å². The van der Waals surface area contributed by atoms with E-state index in [0.29, 0.717) is 21.9 Å². The number of rotatable bonds is 4. The molecule has 0 bridgehead atoms. The molecule has 0 spiro atoms. The zero-order valence-electron chi connectivity index (χ0n) is 13.6. The Hall–Kier alpha value is -1.59. The molecule has 0 amide bonds. The van der Waals surface area contributed by atoms with Crippen molar-refractivity contribution in [3.63, 3.8) is 0 Å². The van der Waals surface area contributed by atoms with Gasteiger partial charge in [-0.1, -0.05) is 44.0 Å². The SMILES string of the molecule is COc1ccc(S(=O)(=O)N[C@H]2CCCC[C@H]2C)c2ccccc12. The van der Waals surface area contributed by atoms with Gasteiger partial charge < -0.3 is 4.74 Å². The summed E-state index contributed by atoms with van der Waals surface area (Å²) >= 11 is 0. The van der Waals surface area contributed by atoms with Gasteiger partial charge in [0.2, 0.25) is 10.0 Å². The van der Waals surface area contributed by atoms with E-state index in [1.54, 1.807) is 19.2 Å². The first kappa shape index (κ1) is 16.3. The third-order valence-electron chi connectivity index (χ3n) is 4.77. The summed E-state index contributed by atoms with van der Waals surface area (Å²) in [6.07, 6.45) is 4.26. The average molecular weight is 333 g/mol. The van der Waals surface area contributed by atoms with Gasteiger partial charge in [0, 0.05) is 16.8 Å². The van der Waals surface area contributed by atoms with Crippen molar-refractivity contribution in [2.24, 2.45) is 5.92 Å². The number of fused-ring (bicyclic) bond motifs is 1. The van der Waals surface area contributed by atoms with Crippen LogP contribution in [0.2, 0.25) is 0 Å². The van der Waals surface area contributed by atoms with Gasteiger partial charge in [-0.15, -0.1) is 0 Å². The van der Waals surface area contributed by atoms with E-state index in [-0.39, 0.29) is 6.04 Å². The molecule has 2 aromatic rings. The number of hydrogen-bond acceptors (Lipinski definition) is 3. The predicted octanol–water partition coefficient (Wildman–Crippen LogP) is 3.71. The first-order chi connectivity index (χ1) is 11.0. The van der Waals surface area contributed by atoms with Crippen LogP contribution in [0.1, 0.15) is 32.6 Å². The summed E-state index contributed by atoms with van der Waals surface area (Å²) < 4.78 is 34.1. The minimum atomic E-state index is -3.55. The molecule has 1 fully saturated rings. The zero-order valence-corrected chi connectivity index (χ0v) is 14.4. The second kappa shape index (κ2) is 6.49. The van der Waals surface area contributed by atoms with Crippen LogP contribution >= 0.6 is 0 Å². The number of ether oxygens (including phenoxy) is 1. The van der Waals surface area contributed by atoms with E-state index in [1.807, 2.05) is 24.3 Å². The van der Waals surface area contributed by atoms with E-state index in [0.717, 1.165) is 24.6 Å². The Morgan fingerprint density at radius 2 is 1.74 bits per heavy atom. The van der Waals surface area contributed by atoms with E-state index >= 15 is 0 Å². The smallest absolute Gasteiger partial charge is 0.241 e. The molecule has 124 valence electrons. The second-order valence-electron chi connectivity index (χ2n) is 6.30. The van der Waals surface area contributed by atoms with Crippen LogP contribution in [0.3, 0.4) is 0 Å². The van der Waals surface area contributed by atoms with Crippen molar-refractivity contribution in [1.82, 2.24) is 4.72 Å². The van der Waals surface area contributed by atoms with E-state index < -0.39 is 10.0 Å². The molecular formula is C18H23NO3S. The van der Waals surface area contributed by atoms with Gasteiger partial charge >= 0.3 is 0 Å². The molecule has 5 heteroatoms. The molecule has 1 aliphatic carbocycles. The number of methoxy groups -OCH3 is 1. The molecule has 1 aliphatic rings. The minimum Gasteiger partial charge on any atom is -0.496 e. The van der Waals surface area contributed by atoms with Crippen molar-refractivity contribution >= 4 is 20.8 Å². The Balaban J connectivity index is 2.01. The Morgan fingerprint density at radius 1 is 1.04 bits per heavy atom. The van der Waals surface area contributed by atoms with E-state index in [2.05, 4.69) is 11.6 Å². The van der Waals surface area contributed by atoms with Gasteiger partial charge in [-0.25, -0.2) is 13.1 Å². The number of sulfonamides is 1. The topological polar surface area (TPSA) is 55.4 Å². The third kappa shape index (κ3) is 3.21. The monoisotopic (exact) mass is 333 g/mol. The van der Waals surface area contributed by atoms with Crippen LogP contribution in [-0.2, 0) is 10.0 Å². The molecule has 2 atom stereocenters. The fourth-order valence-corrected chi connectivity index (χ4v) is 5.00. The lowest BCUT2D eigenvalue weighted by molar-refractivity contribution is 0.310. The molecule has 0 unspecified atom stereocenters. The largest absolute Gasteiger partial charge is 0.496 e. The van der Waals surface area contributed by atoms with Crippen LogP contribution in [0.15, 0.2) is 41.3 Å². The lowest BCUT2D eigenvalue weighted by atomic mass is 9.87. The molecule has 3 rings (SSSR count). The van der Waals surface area contributed by atoms with Gasteiger partial charge in [0.05, 0.1) is 12.0 Å². The van der Waals surface area contributed by atoms with Crippen LogP contribution in [-0.4, -0.2) is 21.6 Å². The highest BCUT2D eigenvalue weighted by Gasteiger charge is 2.28. The minimum absolute atomic E-state index is 0.0228. The fraction of sp³-hybridized carbons (Fsp3) is 0.444. The van der Waals surface area contributed by atoms with Crippen molar-refractivity contribution in [3.05, 3.63) is 36.4 Å². The normalized spacial score (nSPS) is 22.2. The predicted molar refractivity (Wildman–Crippen MR) is 92.2 cm³/mol. The fourth-order valence-electron chi connectivity index (χ4n) is 3.41. The maximum absolute atomic E-state index is 12.9. The van der Waals surface area contributed by atoms with E-state index in [4.69, 9.17) is 4.74 Å². The van der Waals surface area contributed by atoms with E-state index in [1.165, 1.54) is 6.42 Å². The summed E-state index contributed by atoms with van der Waals surface area (Å²) in [6.45, 7) is 2.12. The molecule has 0 aliphatic heterocycles. The standard InChI is InChI=1S/C18H23NO3S/c1-13-7-3-6-10-16(13)19-23(20,21)18-12-11-17(22-2)14-8-4-5-9-15(14)18/h4-5,8-9,11-13,16,19H,3,6-7,10H2,1-2H3/t13-,16+/m1/s1. The second-order valence-corrected chi connectivity index (χ2v) is 7.98. The first-order valence-electron chi connectivity index (χ1n) is 8.11. The summed E-state index contributed by atoms with van der Waals surface area (Å²) in [6, 6.07) is 10.8. The van der Waals surface area contributed by atoms with Gasteiger partial charge in [0.25, 0.3) is 0 Å². The number of benzene rings is 2. The van der Waals surface area contributed by atoms with Crippen molar-refractivity contribution in [2.75, 3.05) is 7.11 Å². The molecule has 0 heterocycles. The van der Waals surface area contributed by atoms with Crippen LogP contribution in [0.25, 0.3) is 10.8 Å². The molecule has 4 nitrogen and oxygen atoms in total. The Kier molecular flexibility index (Phi) is 4.60. The Labute approximate surface area is 137 Å². The highest BCUT2D eigenvalue weighted by molar-refractivity contribution is 7.89. The molecule has 2 aromatic carbocycles. The molecule has 1 saturated carbocycles. The number of nitrogens with one attached hydrogen (secondary N) is 1. The van der Waals surface area contributed by atoms with Crippen LogP contribution in [0.4, 0.5) is 0 Å². The molecule has 1 N–H and O–H groups in total. The summed E-state index contributed by atoms with van der Waals surface area (Å²) in [5.41, 5.74) is 0. The van der Waals surface area contributed by atoms with Crippen LogP contribution in [0, 0.1) is 5.92 Å². The average Bonchev–Trinajstić information content (AvgIpc) is 2.55. The lowest BCUT2D eigenvalue weighted by Crippen LogP contribution is -2.41. The Bertz CT molecular complexity index is 801. The maximum atomic E-state index is 12.9. The van der Waals surface area contributed by atoms with E-state index in [9.17, 15) is 8.42 Å². The molecule has 0 aromatic heterocycles. The van der Waals surface area contributed by atoms with Gasteiger partial charge in [-0.2, -0.15) is 0 Å². The molecular weight excluding hydrogens is 310 g/mol. The first-order valence-corrected chi connectivity index (χ1v) is 9.59. The molecule has 0 saturated heterocycles. The van der Waals surface area contributed by atoms with Crippen molar-refractivity contribution < 1.29 is 13.2 Å². The quantitative estimate of drug-likeness (QED) is 0.928. The maximum Gasteiger partial charge on any atom is 0.241 e. The molecule has 0 radical (unpaired) electrons. The zero-order chi connectivity index (χ0) is 16.4. The molecule has 23 heavy (non-hydrogen) atoms.